The van der Waals surface area contributed by atoms with E-state index in [4.69, 9.17) is 15.1 Å². The topological polar surface area (TPSA) is 269 Å². The maximum absolute atomic E-state index is 13.1. The molecule has 0 saturated carbocycles. The van der Waals surface area contributed by atoms with Crippen LogP contribution in [0.2, 0.25) is 0 Å². The average molecular weight is 601 g/mol. The van der Waals surface area contributed by atoms with Crippen LogP contribution in [0.3, 0.4) is 0 Å². The number of nitrogens with one attached hydrogen (secondary N) is 3. The summed E-state index contributed by atoms with van der Waals surface area (Å²) in [6, 6.07) is -1.59. The lowest BCUT2D eigenvalue weighted by Gasteiger charge is -2.44. The van der Waals surface area contributed by atoms with E-state index >= 15 is 0 Å². The van der Waals surface area contributed by atoms with Crippen molar-refractivity contribution in [2.45, 2.75) is 37.5 Å². The lowest BCUT2D eigenvalue weighted by Crippen LogP contribution is -2.74. The van der Waals surface area contributed by atoms with Gasteiger partial charge in [-0.1, -0.05) is 10.3 Å². The van der Waals surface area contributed by atoms with Crippen molar-refractivity contribution in [2.75, 3.05) is 25.4 Å². The molecule has 7 N–H and O–H groups in total. The Morgan fingerprint density at radius 3 is 2.62 bits per heavy atom. The lowest BCUT2D eigenvalue weighted by molar-refractivity contribution is -0.161. The van der Waals surface area contributed by atoms with E-state index in [1.165, 1.54) is 25.3 Å². The maximum atomic E-state index is 13.1. The monoisotopic (exact) mass is 600 g/mol. The summed E-state index contributed by atoms with van der Waals surface area (Å²) >= 11 is 0.932. The molecule has 0 radical (unpaired) electrons. The fourth-order valence-electron chi connectivity index (χ4n) is 3.54. The summed E-state index contributed by atoms with van der Waals surface area (Å²) in [7, 11) is -5.07. The van der Waals surface area contributed by atoms with Crippen molar-refractivity contribution >= 4 is 56.2 Å². The number of hydrogen-bond acceptors (Lipinski definition) is 14. The first kappa shape index (κ1) is 28.9. The summed E-state index contributed by atoms with van der Waals surface area (Å²) in [5.74, 6) is -4.58. The molecule has 2 atom stereocenters. The summed E-state index contributed by atoms with van der Waals surface area (Å²) < 4.78 is 38.3. The zero-order valence-electron chi connectivity index (χ0n) is 20.9. The number of nitrogen functional groups attached to an aromatic ring is 1. The fourth-order valence-corrected chi connectivity index (χ4v) is 4.97. The number of carboxylic acids is 1. The van der Waals surface area contributed by atoms with Crippen LogP contribution in [0.1, 0.15) is 41.7 Å². The van der Waals surface area contributed by atoms with Crippen molar-refractivity contribution in [3.8, 4) is 0 Å². The highest BCUT2D eigenvalue weighted by molar-refractivity contribution is 7.84. The molecule has 18 nitrogen and oxygen atoms in total. The Balaban J connectivity index is 1.51. The molecule has 40 heavy (non-hydrogen) atoms. The van der Waals surface area contributed by atoms with Crippen LogP contribution in [-0.2, 0) is 29.5 Å². The van der Waals surface area contributed by atoms with E-state index in [2.05, 4.69) is 31.2 Å². The number of amides is 3. The summed E-state index contributed by atoms with van der Waals surface area (Å²) in [5, 5.41) is 25.7. The molecular formula is C20H24N8O10S2. The number of thiazole rings is 1. The van der Waals surface area contributed by atoms with Crippen molar-refractivity contribution in [3.05, 3.63) is 28.6 Å². The molecule has 0 aliphatic carbocycles. The van der Waals surface area contributed by atoms with Gasteiger partial charge in [0.05, 0.1) is 11.7 Å². The van der Waals surface area contributed by atoms with Crippen LogP contribution in [0.25, 0.3) is 0 Å². The van der Waals surface area contributed by atoms with Gasteiger partial charge in [-0.3, -0.25) is 18.9 Å². The molecule has 2 aliphatic rings. The van der Waals surface area contributed by atoms with Gasteiger partial charge in [0.2, 0.25) is 11.4 Å². The van der Waals surface area contributed by atoms with Gasteiger partial charge in [-0.15, -0.1) is 11.3 Å². The normalized spacial score (nSPS) is 19.9. The van der Waals surface area contributed by atoms with E-state index in [1.54, 1.807) is 0 Å². The van der Waals surface area contributed by atoms with E-state index in [-0.39, 0.29) is 26.8 Å². The van der Waals surface area contributed by atoms with Gasteiger partial charge in [0.1, 0.15) is 11.7 Å². The molecule has 2 saturated heterocycles. The molecular weight excluding hydrogens is 576 g/mol. The van der Waals surface area contributed by atoms with Crippen molar-refractivity contribution in [1.29, 1.82) is 0 Å². The van der Waals surface area contributed by atoms with E-state index in [9.17, 15) is 37.3 Å². The van der Waals surface area contributed by atoms with Crippen LogP contribution in [0.4, 0.5) is 5.13 Å². The lowest BCUT2D eigenvalue weighted by atomic mass is 9.98. The number of aromatic nitrogens is 2. The van der Waals surface area contributed by atoms with Gasteiger partial charge in [0.15, 0.2) is 10.8 Å². The molecule has 2 aliphatic heterocycles. The second-order valence-electron chi connectivity index (χ2n) is 9.23. The minimum Gasteiger partial charge on any atom is -0.478 e. The Kier molecular flexibility index (Phi) is 7.78. The number of carboxylic acid groups (broad SMARTS) is 1. The molecule has 2 aromatic rings. The smallest absolute Gasteiger partial charge is 0.362 e. The van der Waals surface area contributed by atoms with Gasteiger partial charge in [-0.05, 0) is 13.8 Å². The van der Waals surface area contributed by atoms with Gasteiger partial charge in [-0.25, -0.2) is 14.1 Å². The minimum absolute atomic E-state index is 0.0370. The molecule has 0 bridgehead atoms. The zero-order chi connectivity index (χ0) is 29.4. The molecule has 0 spiro atoms. The second-order valence-corrected chi connectivity index (χ2v) is 11.4. The number of carbonyl (C=O) groups excluding carboxylic acids is 3. The molecule has 0 aromatic carbocycles. The van der Waals surface area contributed by atoms with Crippen LogP contribution >= 0.6 is 11.3 Å². The Morgan fingerprint density at radius 2 is 2.08 bits per heavy atom. The average Bonchev–Trinajstić information content (AvgIpc) is 3.47. The van der Waals surface area contributed by atoms with Crippen LogP contribution in [-0.4, -0.2) is 99.2 Å². The van der Waals surface area contributed by atoms with Crippen molar-refractivity contribution in [2.24, 2.45) is 5.16 Å². The molecule has 216 valence electrons. The molecule has 4 rings (SSSR count). The first-order valence-corrected chi connectivity index (χ1v) is 13.7. The van der Waals surface area contributed by atoms with Crippen molar-refractivity contribution < 1.29 is 46.6 Å². The third-order valence-electron chi connectivity index (χ3n) is 5.99. The highest BCUT2D eigenvalue weighted by atomic mass is 32.2. The molecule has 2 fully saturated rings. The number of rotatable bonds is 11. The van der Waals surface area contributed by atoms with Crippen LogP contribution < -0.4 is 21.7 Å². The van der Waals surface area contributed by atoms with Gasteiger partial charge in [-0.2, -0.15) is 8.42 Å². The molecule has 20 heteroatoms. The Labute approximate surface area is 229 Å². The maximum Gasteiger partial charge on any atom is 0.362 e. The van der Waals surface area contributed by atoms with Gasteiger partial charge >= 0.3 is 16.3 Å². The van der Waals surface area contributed by atoms with E-state index in [0.717, 1.165) is 11.3 Å². The summed E-state index contributed by atoms with van der Waals surface area (Å²) in [6.07, 6.45) is 0. The molecule has 0 unspecified atom stereocenters. The van der Waals surface area contributed by atoms with Crippen LogP contribution in [0.5, 0.6) is 0 Å². The Hall–Kier alpha value is -4.14. The quantitative estimate of drug-likeness (QED) is 0.0699. The van der Waals surface area contributed by atoms with Gasteiger partial charge in [0.25, 0.3) is 17.7 Å². The predicted octanol–water partition coefficient (Wildman–Crippen LogP) is -2.09. The van der Waals surface area contributed by atoms with Gasteiger partial charge in [0, 0.05) is 37.0 Å². The number of oxime groups is 1. The number of anilines is 1. The van der Waals surface area contributed by atoms with Crippen LogP contribution in [0, 0.1) is 0 Å². The third kappa shape index (κ3) is 5.88. The highest BCUT2D eigenvalue weighted by Gasteiger charge is 2.54. The van der Waals surface area contributed by atoms with Crippen molar-refractivity contribution in [1.82, 2.24) is 30.4 Å². The number of nitrogens with zero attached hydrogens (tertiary/aromatic N) is 4. The van der Waals surface area contributed by atoms with Crippen molar-refractivity contribution in [3.63, 3.8) is 0 Å². The number of hydrogen-bond donors (Lipinski definition) is 6. The van der Waals surface area contributed by atoms with E-state index in [0.29, 0.717) is 18.8 Å². The largest absolute Gasteiger partial charge is 0.478 e. The highest BCUT2D eigenvalue weighted by Crippen LogP contribution is 2.24. The van der Waals surface area contributed by atoms with Gasteiger partial charge < -0.3 is 36.2 Å². The van der Waals surface area contributed by atoms with E-state index in [1.807, 2.05) is 0 Å². The predicted molar refractivity (Wildman–Crippen MR) is 134 cm³/mol. The van der Waals surface area contributed by atoms with Crippen LogP contribution in [0.15, 0.2) is 21.1 Å². The number of aliphatic carboxylic acids is 1. The molecule has 3 amide bonds. The first-order chi connectivity index (χ1) is 18.7. The second kappa shape index (κ2) is 10.8. The SMILES string of the molecule is CC(C)(O/N=C(\C(=O)N[C@@H]1C(=O)N(S(=O)(=O)O)[C@@H]1CNC(=O)c1cc(C2CNC2)no1)c1csc(N)n1)C(=O)O. The zero-order valence-corrected chi connectivity index (χ0v) is 22.5. The number of nitrogens with two attached hydrogens (primary N) is 1. The first-order valence-electron chi connectivity index (χ1n) is 11.5. The molecule has 2 aromatic heterocycles. The standard InChI is InChI=1S/C20H24N8O10S2/c1-20(2,18(32)33)38-27-13(10-7-39-19(21)24-10)16(30)25-14-11(28(17(14)31)40(34,35)36)6-23-15(29)12-3-9(26-37-12)8-4-22-5-8/h3,7-8,11,14,22H,4-6H2,1-2H3,(H2,21,24)(H,23,29)(H,25,30)(H,32,33)(H,34,35,36)/b27-13-/t11-,14+/m1/s1. The minimum atomic E-state index is -5.07. The molecule has 4 heterocycles. The Bertz CT molecular complexity index is 1480. The third-order valence-corrected chi connectivity index (χ3v) is 7.61. The number of carbonyl (C=O) groups is 4. The number of β-lactam (4-membered cyclic amide) rings is 1. The summed E-state index contributed by atoms with van der Waals surface area (Å²) in [4.78, 5) is 58.5. The fraction of sp³-hybridized carbons (Fsp3) is 0.450. The van der Waals surface area contributed by atoms with E-state index < -0.39 is 63.9 Å². The summed E-state index contributed by atoms with van der Waals surface area (Å²) in [5.41, 5.74) is 3.62. The Morgan fingerprint density at radius 1 is 1.38 bits per heavy atom. The summed E-state index contributed by atoms with van der Waals surface area (Å²) in [6.45, 7) is 3.14.